The van der Waals surface area contributed by atoms with E-state index in [1.54, 1.807) is 17.0 Å². The lowest BCUT2D eigenvalue weighted by molar-refractivity contribution is -0.142. The summed E-state index contributed by atoms with van der Waals surface area (Å²) in [6.07, 6.45) is 2.24. The molecule has 1 N–H and O–H groups in total. The molecule has 38 heavy (non-hydrogen) atoms. The molecule has 0 unspecified atom stereocenters. The molecule has 5 nitrogen and oxygen atoms in total. The average molecular weight is 529 g/mol. The zero-order valence-electron chi connectivity index (χ0n) is 21.6. The second-order valence-electron chi connectivity index (χ2n) is 9.26. The maximum Gasteiger partial charge on any atom is 0.261 e. The first kappa shape index (κ1) is 27.2. The van der Waals surface area contributed by atoms with Crippen LogP contribution in [0, 0.1) is 0 Å². The topological polar surface area (TPSA) is 58.6 Å². The third kappa shape index (κ3) is 7.36. The van der Waals surface area contributed by atoms with Crippen LogP contribution >= 0.6 is 11.6 Å². The van der Waals surface area contributed by atoms with Gasteiger partial charge >= 0.3 is 0 Å². The summed E-state index contributed by atoms with van der Waals surface area (Å²) >= 11 is 6.10. The van der Waals surface area contributed by atoms with Crippen LogP contribution in [-0.4, -0.2) is 35.9 Å². The van der Waals surface area contributed by atoms with Crippen LogP contribution in [0.3, 0.4) is 0 Å². The standard InChI is InChI=1S/C32H33ClN2O3/c1-2-3-20-34-32(37)29(21-24-10-5-4-6-11-24)35(22-25-16-18-27(33)19-17-25)31(36)23-38-30-15-9-13-26-12-7-8-14-28(26)30/h4-19,29H,2-3,20-23H2,1H3,(H,34,37)/t29-/m1/s1. The van der Waals surface area contributed by atoms with E-state index in [4.69, 9.17) is 16.3 Å². The minimum absolute atomic E-state index is 0.172. The lowest BCUT2D eigenvalue weighted by Crippen LogP contribution is -2.51. The number of benzene rings is 4. The normalized spacial score (nSPS) is 11.6. The van der Waals surface area contributed by atoms with E-state index < -0.39 is 6.04 Å². The van der Waals surface area contributed by atoms with Gasteiger partial charge in [-0.1, -0.05) is 104 Å². The molecule has 0 radical (unpaired) electrons. The van der Waals surface area contributed by atoms with E-state index in [0.717, 1.165) is 34.7 Å². The van der Waals surface area contributed by atoms with Crippen molar-refractivity contribution < 1.29 is 14.3 Å². The Balaban J connectivity index is 1.62. The SMILES string of the molecule is CCCCNC(=O)[C@@H](Cc1ccccc1)N(Cc1ccc(Cl)cc1)C(=O)COc1cccc2ccccc12. The molecule has 1 atom stereocenters. The summed E-state index contributed by atoms with van der Waals surface area (Å²) in [6.45, 7) is 2.72. The van der Waals surface area contributed by atoms with Gasteiger partial charge in [0.25, 0.3) is 5.91 Å². The third-order valence-corrected chi connectivity index (χ3v) is 6.72. The summed E-state index contributed by atoms with van der Waals surface area (Å²) in [7, 11) is 0. The fourth-order valence-electron chi connectivity index (χ4n) is 4.39. The molecule has 0 fully saturated rings. The highest BCUT2D eigenvalue weighted by atomic mass is 35.5. The largest absolute Gasteiger partial charge is 0.483 e. The van der Waals surface area contributed by atoms with E-state index in [-0.39, 0.29) is 25.0 Å². The number of hydrogen-bond acceptors (Lipinski definition) is 3. The van der Waals surface area contributed by atoms with Crippen molar-refractivity contribution >= 4 is 34.2 Å². The predicted molar refractivity (Wildman–Crippen MR) is 153 cm³/mol. The number of amides is 2. The molecule has 2 amide bonds. The van der Waals surface area contributed by atoms with Crippen molar-refractivity contribution in [2.75, 3.05) is 13.2 Å². The van der Waals surface area contributed by atoms with Gasteiger partial charge in [-0.25, -0.2) is 0 Å². The summed E-state index contributed by atoms with van der Waals surface area (Å²) in [5, 5.41) is 5.62. The van der Waals surface area contributed by atoms with Crippen molar-refractivity contribution in [2.24, 2.45) is 0 Å². The molecular weight excluding hydrogens is 496 g/mol. The van der Waals surface area contributed by atoms with Gasteiger partial charge in [0.2, 0.25) is 5.91 Å². The first-order valence-corrected chi connectivity index (χ1v) is 13.4. The molecule has 196 valence electrons. The smallest absolute Gasteiger partial charge is 0.261 e. The van der Waals surface area contributed by atoms with Gasteiger partial charge in [0.15, 0.2) is 6.61 Å². The van der Waals surface area contributed by atoms with Crippen LogP contribution in [0.25, 0.3) is 10.8 Å². The van der Waals surface area contributed by atoms with Crippen molar-refractivity contribution in [1.82, 2.24) is 10.2 Å². The fraction of sp³-hybridized carbons (Fsp3) is 0.250. The Labute approximate surface area is 229 Å². The van der Waals surface area contributed by atoms with Gasteiger partial charge in [0.1, 0.15) is 11.8 Å². The third-order valence-electron chi connectivity index (χ3n) is 6.47. The number of unbranched alkanes of at least 4 members (excludes halogenated alkanes) is 1. The van der Waals surface area contributed by atoms with E-state index in [9.17, 15) is 9.59 Å². The molecule has 4 rings (SSSR count). The van der Waals surface area contributed by atoms with Gasteiger partial charge in [0, 0.05) is 29.9 Å². The number of rotatable bonds is 12. The van der Waals surface area contributed by atoms with Crippen LogP contribution in [0.1, 0.15) is 30.9 Å². The lowest BCUT2D eigenvalue weighted by Gasteiger charge is -2.31. The monoisotopic (exact) mass is 528 g/mol. The second kappa shape index (κ2) is 13.6. The van der Waals surface area contributed by atoms with Crippen molar-refractivity contribution in [3.8, 4) is 5.75 Å². The van der Waals surface area contributed by atoms with E-state index in [2.05, 4.69) is 12.2 Å². The minimum atomic E-state index is -0.700. The molecule has 0 aliphatic carbocycles. The zero-order chi connectivity index (χ0) is 26.7. The predicted octanol–water partition coefficient (Wildman–Crippen LogP) is 6.43. The van der Waals surface area contributed by atoms with Crippen LogP contribution in [0.4, 0.5) is 0 Å². The summed E-state index contributed by atoms with van der Waals surface area (Å²) < 4.78 is 6.05. The summed E-state index contributed by atoms with van der Waals surface area (Å²) in [5.41, 5.74) is 1.86. The maximum atomic E-state index is 13.8. The Morgan fingerprint density at radius 3 is 2.34 bits per heavy atom. The number of ether oxygens (including phenoxy) is 1. The minimum Gasteiger partial charge on any atom is -0.483 e. The number of nitrogens with one attached hydrogen (secondary N) is 1. The number of carbonyl (C=O) groups is 2. The molecule has 0 heterocycles. The Morgan fingerprint density at radius 2 is 1.58 bits per heavy atom. The number of carbonyl (C=O) groups excluding carboxylic acids is 2. The molecule has 4 aromatic rings. The number of halogens is 1. The highest BCUT2D eigenvalue weighted by molar-refractivity contribution is 6.30. The number of nitrogens with zero attached hydrogens (tertiary/aromatic N) is 1. The highest BCUT2D eigenvalue weighted by Crippen LogP contribution is 2.25. The van der Waals surface area contributed by atoms with Gasteiger partial charge in [0.05, 0.1) is 0 Å². The molecular formula is C32H33ClN2O3. The Bertz CT molecular complexity index is 1340. The van der Waals surface area contributed by atoms with Crippen LogP contribution in [0.2, 0.25) is 5.02 Å². The molecule has 0 spiro atoms. The van der Waals surface area contributed by atoms with E-state index in [0.29, 0.717) is 23.7 Å². The first-order chi connectivity index (χ1) is 18.5. The fourth-order valence-corrected chi connectivity index (χ4v) is 4.52. The van der Waals surface area contributed by atoms with Crippen LogP contribution < -0.4 is 10.1 Å². The summed E-state index contributed by atoms with van der Waals surface area (Å²) in [5.74, 6) is 0.198. The van der Waals surface area contributed by atoms with Crippen molar-refractivity contribution in [2.45, 2.75) is 38.8 Å². The van der Waals surface area contributed by atoms with Gasteiger partial charge in [-0.15, -0.1) is 0 Å². The number of hydrogen-bond donors (Lipinski definition) is 1. The molecule has 0 aliphatic rings. The molecule has 0 aliphatic heterocycles. The van der Waals surface area contributed by atoms with Crippen molar-refractivity contribution in [1.29, 1.82) is 0 Å². The molecule has 0 saturated heterocycles. The Morgan fingerprint density at radius 1 is 0.868 bits per heavy atom. The van der Waals surface area contributed by atoms with E-state index in [1.165, 1.54) is 0 Å². The zero-order valence-corrected chi connectivity index (χ0v) is 22.4. The molecule has 0 bridgehead atoms. The second-order valence-corrected chi connectivity index (χ2v) is 9.70. The molecule has 4 aromatic carbocycles. The van der Waals surface area contributed by atoms with Gasteiger partial charge in [-0.2, -0.15) is 0 Å². The quantitative estimate of drug-likeness (QED) is 0.216. The van der Waals surface area contributed by atoms with Gasteiger partial charge in [-0.3, -0.25) is 9.59 Å². The molecule has 0 saturated carbocycles. The van der Waals surface area contributed by atoms with E-state index in [1.807, 2.05) is 84.9 Å². The summed E-state index contributed by atoms with van der Waals surface area (Å²) in [6, 6.07) is 30.1. The number of fused-ring (bicyclic) bond motifs is 1. The maximum absolute atomic E-state index is 13.8. The lowest BCUT2D eigenvalue weighted by atomic mass is 10.0. The van der Waals surface area contributed by atoms with E-state index >= 15 is 0 Å². The average Bonchev–Trinajstić information content (AvgIpc) is 2.95. The van der Waals surface area contributed by atoms with Crippen LogP contribution in [0.5, 0.6) is 5.75 Å². The van der Waals surface area contributed by atoms with Crippen LogP contribution in [-0.2, 0) is 22.6 Å². The summed E-state index contributed by atoms with van der Waals surface area (Å²) in [4.78, 5) is 28.9. The van der Waals surface area contributed by atoms with Crippen molar-refractivity contribution in [3.63, 3.8) is 0 Å². The van der Waals surface area contributed by atoms with Crippen molar-refractivity contribution in [3.05, 3.63) is 113 Å². The Hall–Kier alpha value is -3.83. The molecule has 6 heteroatoms. The Kier molecular flexibility index (Phi) is 9.77. The van der Waals surface area contributed by atoms with Crippen LogP contribution in [0.15, 0.2) is 97.1 Å². The molecule has 0 aromatic heterocycles. The van der Waals surface area contributed by atoms with Gasteiger partial charge in [-0.05, 0) is 41.1 Å². The first-order valence-electron chi connectivity index (χ1n) is 13.0. The van der Waals surface area contributed by atoms with Gasteiger partial charge < -0.3 is 15.0 Å². The highest BCUT2D eigenvalue weighted by Gasteiger charge is 2.30.